The summed E-state index contributed by atoms with van der Waals surface area (Å²) in [6.07, 6.45) is 4.90. The third-order valence-electron chi connectivity index (χ3n) is 10.7. The molecule has 2 amide bonds. The van der Waals surface area contributed by atoms with Crippen LogP contribution in [0.1, 0.15) is 104 Å². The van der Waals surface area contributed by atoms with Gasteiger partial charge in [-0.3, -0.25) is 23.6 Å². The van der Waals surface area contributed by atoms with E-state index in [2.05, 4.69) is 42.7 Å². The van der Waals surface area contributed by atoms with Crippen LogP contribution in [-0.2, 0) is 13.0 Å². The first-order valence-electron chi connectivity index (χ1n) is 20.7. The third kappa shape index (κ3) is 10.0. The zero-order valence-corrected chi connectivity index (χ0v) is 35.6. The van der Waals surface area contributed by atoms with Crippen molar-refractivity contribution in [2.45, 2.75) is 85.2 Å². The molecule has 0 aliphatic carbocycles. The van der Waals surface area contributed by atoms with Gasteiger partial charge >= 0.3 is 0 Å². The first-order valence-corrected chi connectivity index (χ1v) is 20.7. The predicted molar refractivity (Wildman–Crippen MR) is 233 cm³/mol. The number of nitrogens with two attached hydrogens (primary N) is 1. The average Bonchev–Trinajstić information content (AvgIpc) is 4.03. The molecule has 0 spiro atoms. The van der Waals surface area contributed by atoms with Crippen molar-refractivity contribution in [3.8, 4) is 57.1 Å². The van der Waals surface area contributed by atoms with E-state index in [9.17, 15) is 24.9 Å². The molecule has 1 aliphatic rings. The maximum Gasteiger partial charge on any atom is 0.289 e. The molecule has 1 saturated heterocycles. The van der Waals surface area contributed by atoms with E-state index in [4.69, 9.17) is 10.5 Å². The van der Waals surface area contributed by atoms with Gasteiger partial charge in [0.05, 0.1) is 12.7 Å². The molecule has 0 saturated carbocycles. The number of carbonyl (C=O) groups is 2. The molecule has 1 aliphatic heterocycles. The molecule has 7 rings (SSSR count). The quantitative estimate of drug-likeness (QED) is 0.0737. The number of nitrogens with one attached hydrogen (secondary N) is 1. The summed E-state index contributed by atoms with van der Waals surface area (Å²) >= 11 is 0. The number of rotatable bonds is 14. The summed E-state index contributed by atoms with van der Waals surface area (Å²) in [5.41, 5.74) is 10.7. The second-order valence-corrected chi connectivity index (χ2v) is 15.5. The third-order valence-corrected chi connectivity index (χ3v) is 10.7. The molecule has 6 aromatic rings. The van der Waals surface area contributed by atoms with Gasteiger partial charge in [0.2, 0.25) is 11.6 Å². The van der Waals surface area contributed by atoms with Gasteiger partial charge in [-0.2, -0.15) is 0 Å². The fourth-order valence-corrected chi connectivity index (χ4v) is 7.23. The normalized spacial score (nSPS) is 13.2. The van der Waals surface area contributed by atoms with Crippen LogP contribution in [0.25, 0.3) is 34.2 Å². The Labute approximate surface area is 355 Å². The lowest BCUT2D eigenvalue weighted by Crippen LogP contribution is -2.33. The summed E-state index contributed by atoms with van der Waals surface area (Å²) in [5.74, 6) is 0.847. The molecule has 15 heteroatoms. The number of phenols is 3. The van der Waals surface area contributed by atoms with E-state index < -0.39 is 5.91 Å². The van der Waals surface area contributed by atoms with Gasteiger partial charge in [0.15, 0.2) is 11.6 Å². The average molecular weight is 830 g/mol. The summed E-state index contributed by atoms with van der Waals surface area (Å²) < 4.78 is 8.45. The van der Waals surface area contributed by atoms with E-state index >= 15 is 0 Å². The second kappa shape index (κ2) is 19.5. The minimum absolute atomic E-state index is 0.0199. The van der Waals surface area contributed by atoms with Crippen LogP contribution in [-0.4, -0.2) is 87.8 Å². The fraction of sp³-hybridized carbons (Fsp3) is 0.348. The van der Waals surface area contributed by atoms with Crippen LogP contribution in [0.3, 0.4) is 0 Å². The summed E-state index contributed by atoms with van der Waals surface area (Å²) in [5, 5.41) is 50.7. The predicted octanol–water partition coefficient (Wildman–Crippen LogP) is 7.29. The van der Waals surface area contributed by atoms with Crippen LogP contribution in [0.2, 0.25) is 0 Å². The van der Waals surface area contributed by atoms with Crippen molar-refractivity contribution in [1.29, 1.82) is 0 Å². The summed E-state index contributed by atoms with van der Waals surface area (Å²) in [7, 11) is 1.58. The Morgan fingerprint density at radius 2 is 1.39 bits per heavy atom. The molecule has 2 aromatic heterocycles. The highest BCUT2D eigenvalue weighted by molar-refractivity contribution is 5.92. The molecule has 3 heterocycles. The smallest absolute Gasteiger partial charge is 0.289 e. The lowest BCUT2D eigenvalue weighted by atomic mass is 9.98. The van der Waals surface area contributed by atoms with Gasteiger partial charge in [0, 0.05) is 35.6 Å². The first-order chi connectivity index (χ1) is 29.3. The number of amides is 2. The second-order valence-electron chi connectivity index (χ2n) is 15.5. The van der Waals surface area contributed by atoms with Crippen molar-refractivity contribution in [2.75, 3.05) is 20.2 Å². The van der Waals surface area contributed by atoms with Gasteiger partial charge in [0.1, 0.15) is 23.0 Å². The van der Waals surface area contributed by atoms with Crippen molar-refractivity contribution in [3.05, 3.63) is 107 Å². The molecular formula is C46H55N9O6. The number of hydrogen-bond acceptors (Lipinski definition) is 11. The van der Waals surface area contributed by atoms with Crippen LogP contribution in [0.15, 0.2) is 78.9 Å². The Balaban J connectivity index is 0.000000213. The molecule has 1 fully saturated rings. The molecule has 4 aromatic carbocycles. The molecule has 320 valence electrons. The number of aryl methyl sites for hydroxylation is 1. The minimum atomic E-state index is -0.674. The molecule has 0 bridgehead atoms. The highest BCUT2D eigenvalue weighted by atomic mass is 16.5. The number of phenolic OH excluding ortho intramolecular Hbond substituents is 3. The Morgan fingerprint density at radius 3 is 2.00 bits per heavy atom. The number of benzene rings is 4. The molecular weight excluding hydrogens is 775 g/mol. The molecule has 6 N–H and O–H groups in total. The molecule has 0 radical (unpaired) electrons. The number of ether oxygens (including phenoxy) is 1. The number of likely N-dealkylation sites (tertiary alicyclic amines) is 1. The van der Waals surface area contributed by atoms with Gasteiger partial charge < -0.3 is 31.1 Å². The van der Waals surface area contributed by atoms with Crippen LogP contribution < -0.4 is 15.8 Å². The van der Waals surface area contributed by atoms with Crippen molar-refractivity contribution >= 4 is 11.8 Å². The Morgan fingerprint density at radius 1 is 0.770 bits per heavy atom. The van der Waals surface area contributed by atoms with E-state index in [1.54, 1.807) is 58.7 Å². The lowest BCUT2D eigenvalue weighted by molar-refractivity contribution is 0.0925. The standard InChI is InChI=1S/C27H35N5O3.C19H20N4O3/c1-5-18(4)28-27(35)26-30-29-25(22-14-21(17(2)3)23(33)15-24(22)34)32(26)20-10-8-19(9-11-20)16-31-12-6-7-13-31;1-3-4-12-11-13(5-10-16(12)24)18-21-22-19(17(20)25)23(18)14-6-8-15(26-2)9-7-14/h8-11,14-15,17-18,33-34H,5-7,12-13,16H2,1-4H3,(H,28,35);5-11,24H,3-4H2,1-2H3,(H2,20,25). The van der Waals surface area contributed by atoms with E-state index in [0.717, 1.165) is 55.7 Å². The number of methoxy groups -OCH3 is 1. The lowest BCUT2D eigenvalue weighted by Gasteiger charge is -2.17. The zero-order valence-electron chi connectivity index (χ0n) is 35.6. The fourth-order valence-electron chi connectivity index (χ4n) is 7.23. The maximum atomic E-state index is 13.1. The maximum absolute atomic E-state index is 13.1. The summed E-state index contributed by atoms with van der Waals surface area (Å²) in [6.45, 7) is 13.0. The molecule has 61 heavy (non-hydrogen) atoms. The minimum Gasteiger partial charge on any atom is -0.508 e. The monoisotopic (exact) mass is 829 g/mol. The topological polar surface area (TPSA) is 207 Å². The van der Waals surface area contributed by atoms with E-state index in [1.807, 2.05) is 52.8 Å². The Hall–Kier alpha value is -6.74. The highest BCUT2D eigenvalue weighted by Gasteiger charge is 2.26. The number of primary amides is 1. The summed E-state index contributed by atoms with van der Waals surface area (Å²) in [6, 6.07) is 23.4. The number of aromatic nitrogens is 6. The Bertz CT molecular complexity index is 2450. The highest BCUT2D eigenvalue weighted by Crippen LogP contribution is 2.38. The van der Waals surface area contributed by atoms with Crippen molar-refractivity contribution < 1.29 is 29.6 Å². The molecule has 1 atom stereocenters. The molecule has 15 nitrogen and oxygen atoms in total. The largest absolute Gasteiger partial charge is 0.508 e. The first kappa shape index (κ1) is 43.8. The van der Waals surface area contributed by atoms with Crippen LogP contribution >= 0.6 is 0 Å². The van der Waals surface area contributed by atoms with Crippen LogP contribution in [0.5, 0.6) is 23.0 Å². The van der Waals surface area contributed by atoms with Gasteiger partial charge in [-0.25, -0.2) is 0 Å². The van der Waals surface area contributed by atoms with Crippen molar-refractivity contribution in [3.63, 3.8) is 0 Å². The number of nitrogens with zero attached hydrogens (tertiary/aromatic N) is 7. The van der Waals surface area contributed by atoms with Crippen molar-refractivity contribution in [2.24, 2.45) is 5.73 Å². The SMILES string of the molecule is CCC(C)NC(=O)c1nnc(-c2cc(C(C)C)c(O)cc2O)n1-c1ccc(CN2CCCC2)cc1.CCCc1cc(-c2nnc(C(N)=O)n2-c2ccc(OC)cc2)ccc1O. The molecule has 1 unspecified atom stereocenters. The zero-order chi connectivity index (χ0) is 43.8. The van der Waals surface area contributed by atoms with Gasteiger partial charge in [-0.15, -0.1) is 20.4 Å². The van der Waals surface area contributed by atoms with Gasteiger partial charge in [-0.1, -0.05) is 46.2 Å². The van der Waals surface area contributed by atoms with Gasteiger partial charge in [-0.05, 0) is 129 Å². The van der Waals surface area contributed by atoms with Crippen LogP contribution in [0.4, 0.5) is 0 Å². The van der Waals surface area contributed by atoms with Crippen LogP contribution in [0, 0.1) is 0 Å². The van der Waals surface area contributed by atoms with Gasteiger partial charge in [0.25, 0.3) is 11.8 Å². The van der Waals surface area contributed by atoms with Crippen molar-refractivity contribution in [1.82, 2.24) is 39.7 Å². The summed E-state index contributed by atoms with van der Waals surface area (Å²) in [4.78, 5) is 27.4. The van der Waals surface area contributed by atoms with E-state index in [0.29, 0.717) is 34.2 Å². The number of aromatic hydroxyl groups is 3. The number of carbonyl (C=O) groups excluding carboxylic acids is 2. The number of hydrogen-bond donors (Lipinski definition) is 5. The Kier molecular flexibility index (Phi) is 14.0. The van der Waals surface area contributed by atoms with E-state index in [1.165, 1.54) is 24.5 Å². The van der Waals surface area contributed by atoms with E-state index in [-0.39, 0.29) is 46.8 Å².